The average molecular weight is 574 g/mol. The predicted octanol–water partition coefficient (Wildman–Crippen LogP) is 4.23. The van der Waals surface area contributed by atoms with Crippen LogP contribution in [0.1, 0.15) is 40.5 Å². The van der Waals surface area contributed by atoms with Crippen molar-refractivity contribution >= 4 is 22.7 Å². The molecule has 220 valence electrons. The Morgan fingerprint density at radius 3 is 2.48 bits per heavy atom. The molecule has 0 spiro atoms. The lowest BCUT2D eigenvalue weighted by Gasteiger charge is -2.29. The molecule has 1 atom stereocenters. The Labute approximate surface area is 244 Å². The van der Waals surface area contributed by atoms with Crippen LogP contribution in [-0.4, -0.2) is 62.9 Å². The number of carbonyl (C=O) groups excluding carboxylic acids is 1. The summed E-state index contributed by atoms with van der Waals surface area (Å²) >= 11 is 0. The molecule has 1 N–H and O–H groups in total. The van der Waals surface area contributed by atoms with E-state index >= 15 is 0 Å². The minimum absolute atomic E-state index is 0.00639. The van der Waals surface area contributed by atoms with Crippen molar-refractivity contribution in [1.82, 2.24) is 9.88 Å². The number of methoxy groups -OCH3 is 3. The summed E-state index contributed by atoms with van der Waals surface area (Å²) in [6.45, 7) is 1.67. The Kier molecular flexibility index (Phi) is 8.35. The highest BCUT2D eigenvalue weighted by Crippen LogP contribution is 2.39. The zero-order valence-corrected chi connectivity index (χ0v) is 24.5. The molecule has 4 aromatic rings. The van der Waals surface area contributed by atoms with Gasteiger partial charge in [0.15, 0.2) is 17.3 Å². The minimum Gasteiger partial charge on any atom is -0.502 e. The average Bonchev–Trinajstić information content (AvgIpc) is 3.00. The maximum Gasteiger partial charge on any atom is 0.306 e. The smallest absolute Gasteiger partial charge is 0.306 e. The number of esters is 1. The summed E-state index contributed by atoms with van der Waals surface area (Å²) in [6.07, 6.45) is 0.626. The van der Waals surface area contributed by atoms with Crippen molar-refractivity contribution in [3.8, 4) is 17.2 Å². The van der Waals surface area contributed by atoms with Crippen LogP contribution in [0.4, 0.5) is 5.82 Å². The maximum absolute atomic E-state index is 13.1. The van der Waals surface area contributed by atoms with E-state index in [-0.39, 0.29) is 12.2 Å². The Hall–Kier alpha value is -4.57. The molecule has 10 nitrogen and oxygen atoms in total. The molecule has 10 heteroatoms. The second-order valence-corrected chi connectivity index (χ2v) is 10.5. The highest BCUT2D eigenvalue weighted by molar-refractivity contribution is 5.83. The molecule has 2 aromatic heterocycles. The van der Waals surface area contributed by atoms with Crippen LogP contribution in [0.5, 0.6) is 17.2 Å². The van der Waals surface area contributed by atoms with Crippen molar-refractivity contribution < 1.29 is 28.5 Å². The van der Waals surface area contributed by atoms with E-state index in [0.29, 0.717) is 41.7 Å². The molecular weight excluding hydrogens is 538 g/mol. The van der Waals surface area contributed by atoms with Crippen molar-refractivity contribution in [1.29, 1.82) is 0 Å². The van der Waals surface area contributed by atoms with Gasteiger partial charge in [-0.2, -0.15) is 0 Å². The predicted molar refractivity (Wildman–Crippen MR) is 159 cm³/mol. The molecule has 0 bridgehead atoms. The normalized spacial score (nSPS) is 13.8. The zero-order chi connectivity index (χ0) is 30.0. The van der Waals surface area contributed by atoms with Crippen molar-refractivity contribution in [3.63, 3.8) is 0 Å². The molecule has 0 saturated heterocycles. The Morgan fingerprint density at radius 1 is 1.07 bits per heavy atom. The largest absolute Gasteiger partial charge is 0.502 e. The summed E-state index contributed by atoms with van der Waals surface area (Å²) in [5.74, 6) is 0.455. The first-order valence-corrected chi connectivity index (χ1v) is 13.7. The monoisotopic (exact) mass is 573 g/mol. The van der Waals surface area contributed by atoms with Crippen LogP contribution in [0.2, 0.25) is 0 Å². The molecule has 2 aromatic carbocycles. The van der Waals surface area contributed by atoms with Crippen LogP contribution in [0, 0.1) is 0 Å². The first-order valence-electron chi connectivity index (χ1n) is 13.7. The van der Waals surface area contributed by atoms with E-state index in [1.807, 2.05) is 61.5 Å². The summed E-state index contributed by atoms with van der Waals surface area (Å²) in [5, 5.41) is 11.8. The van der Waals surface area contributed by atoms with Crippen molar-refractivity contribution in [3.05, 3.63) is 87.0 Å². The molecule has 0 amide bonds. The summed E-state index contributed by atoms with van der Waals surface area (Å²) < 4.78 is 22.2. The van der Waals surface area contributed by atoms with Crippen LogP contribution < -0.4 is 19.8 Å². The summed E-state index contributed by atoms with van der Waals surface area (Å²) in [5.41, 5.74) is 3.11. The van der Waals surface area contributed by atoms with Crippen molar-refractivity contribution in [2.75, 3.05) is 46.9 Å². The molecule has 0 saturated carbocycles. The van der Waals surface area contributed by atoms with Crippen LogP contribution in [0.3, 0.4) is 0 Å². The van der Waals surface area contributed by atoms with Gasteiger partial charge in [0.2, 0.25) is 11.2 Å². The van der Waals surface area contributed by atoms with E-state index in [0.717, 1.165) is 29.4 Å². The number of aromatic hydroxyl groups is 1. The molecule has 5 rings (SSSR count). The minimum atomic E-state index is -0.821. The standard InChI is InChI=1S/C32H35N3O7/c1-34(2)32-24(12-20-8-6-7-9-25(20)33-32)23(16-29(37)41-5)31-30(38)26(36)15-22(42-31)18-35-11-10-19-13-27(39-3)28(40-4)14-21(19)17-35/h6-9,12-15,23,38H,10-11,16-18H2,1-5H3/t23-/m1/s1. The van der Waals surface area contributed by atoms with E-state index in [4.69, 9.17) is 23.6 Å². The molecule has 0 fully saturated rings. The van der Waals surface area contributed by atoms with Gasteiger partial charge in [-0.3, -0.25) is 14.5 Å². The van der Waals surface area contributed by atoms with Gasteiger partial charge in [-0.1, -0.05) is 18.2 Å². The topological polar surface area (TPSA) is 115 Å². The summed E-state index contributed by atoms with van der Waals surface area (Å²) in [7, 11) is 8.22. The first-order chi connectivity index (χ1) is 20.2. The number of benzene rings is 2. The number of nitrogens with zero attached hydrogens (tertiary/aromatic N) is 3. The highest BCUT2D eigenvalue weighted by atomic mass is 16.5. The number of carbonyl (C=O) groups is 1. The van der Waals surface area contributed by atoms with Gasteiger partial charge in [0.25, 0.3) is 0 Å². The number of para-hydroxylation sites is 1. The van der Waals surface area contributed by atoms with Gasteiger partial charge in [0.05, 0.1) is 45.7 Å². The third-order valence-electron chi connectivity index (χ3n) is 7.62. The molecule has 1 aliphatic rings. The quantitative estimate of drug-likeness (QED) is 0.292. The fraction of sp³-hybridized carbons (Fsp3) is 0.344. The van der Waals surface area contributed by atoms with E-state index in [1.165, 1.54) is 18.7 Å². The van der Waals surface area contributed by atoms with E-state index < -0.39 is 23.1 Å². The number of rotatable bonds is 9. The Morgan fingerprint density at radius 2 is 1.79 bits per heavy atom. The van der Waals surface area contributed by atoms with Crippen LogP contribution in [-0.2, 0) is 29.0 Å². The van der Waals surface area contributed by atoms with Crippen LogP contribution in [0.15, 0.2) is 57.7 Å². The maximum atomic E-state index is 13.1. The zero-order valence-electron chi connectivity index (χ0n) is 24.5. The van der Waals surface area contributed by atoms with E-state index in [1.54, 1.807) is 14.2 Å². The number of fused-ring (bicyclic) bond motifs is 2. The van der Waals surface area contributed by atoms with Gasteiger partial charge >= 0.3 is 5.97 Å². The van der Waals surface area contributed by atoms with Crippen molar-refractivity contribution in [2.45, 2.75) is 31.8 Å². The van der Waals surface area contributed by atoms with E-state index in [2.05, 4.69) is 4.90 Å². The number of hydrogen-bond donors (Lipinski definition) is 1. The number of aromatic nitrogens is 1. The van der Waals surface area contributed by atoms with Crippen LogP contribution in [0.25, 0.3) is 10.9 Å². The lowest BCUT2D eigenvalue weighted by Crippen LogP contribution is -2.30. The molecule has 3 heterocycles. The molecule has 42 heavy (non-hydrogen) atoms. The Bertz CT molecular complexity index is 1680. The molecule has 1 aliphatic heterocycles. The van der Waals surface area contributed by atoms with Crippen molar-refractivity contribution in [2.24, 2.45) is 0 Å². The van der Waals surface area contributed by atoms with E-state index in [9.17, 15) is 14.7 Å². The number of pyridine rings is 1. The van der Waals surface area contributed by atoms with Gasteiger partial charge in [-0.25, -0.2) is 4.98 Å². The van der Waals surface area contributed by atoms with Crippen LogP contribution >= 0.6 is 0 Å². The number of anilines is 1. The SMILES string of the molecule is COC(=O)C[C@H](c1cc2ccccc2nc1N(C)C)c1oc(CN2CCc3cc(OC)c(OC)cc3C2)cc(=O)c1O. The summed E-state index contributed by atoms with van der Waals surface area (Å²) in [6, 6.07) is 14.8. The second kappa shape index (κ2) is 12.1. The number of hydrogen-bond acceptors (Lipinski definition) is 10. The molecule has 0 radical (unpaired) electrons. The molecule has 0 aliphatic carbocycles. The fourth-order valence-electron chi connectivity index (χ4n) is 5.50. The van der Waals surface area contributed by atoms with Gasteiger partial charge in [-0.15, -0.1) is 0 Å². The second-order valence-electron chi connectivity index (χ2n) is 10.5. The highest BCUT2D eigenvalue weighted by Gasteiger charge is 2.30. The van der Waals surface area contributed by atoms with Gasteiger partial charge in [0.1, 0.15) is 11.6 Å². The Balaban J connectivity index is 1.54. The lowest BCUT2D eigenvalue weighted by molar-refractivity contribution is -0.140. The third-order valence-corrected chi connectivity index (χ3v) is 7.62. The molecular formula is C32H35N3O7. The third kappa shape index (κ3) is 5.75. The lowest BCUT2D eigenvalue weighted by atomic mass is 9.91. The fourth-order valence-corrected chi connectivity index (χ4v) is 5.50. The molecule has 0 unspecified atom stereocenters. The van der Waals surface area contributed by atoms with Gasteiger partial charge < -0.3 is 28.6 Å². The van der Waals surface area contributed by atoms with Gasteiger partial charge in [0, 0.05) is 44.2 Å². The first kappa shape index (κ1) is 28.9. The summed E-state index contributed by atoms with van der Waals surface area (Å²) in [4.78, 5) is 34.5. The number of ether oxygens (including phenoxy) is 3. The van der Waals surface area contributed by atoms with Gasteiger partial charge in [-0.05, 0) is 41.8 Å².